The van der Waals surface area contributed by atoms with Gasteiger partial charge in [0.25, 0.3) is 0 Å². The lowest BCUT2D eigenvalue weighted by Crippen LogP contribution is -2.31. The maximum absolute atomic E-state index is 12.7. The van der Waals surface area contributed by atoms with E-state index >= 15 is 0 Å². The predicted molar refractivity (Wildman–Crippen MR) is 63.6 cm³/mol. The van der Waals surface area contributed by atoms with E-state index in [9.17, 15) is 18.0 Å². The first-order chi connectivity index (χ1) is 8.68. The molecular weight excluding hydrogens is 285 g/mol. The minimum Gasteiger partial charge on any atom is -0.495 e. The Labute approximate surface area is 112 Å². The summed E-state index contributed by atoms with van der Waals surface area (Å²) in [6, 6.07) is 3.78. The summed E-state index contributed by atoms with van der Waals surface area (Å²) in [6.07, 6.45) is -4.60. The fourth-order valence-electron chi connectivity index (χ4n) is 1.70. The zero-order valence-corrected chi connectivity index (χ0v) is 10.9. The Morgan fingerprint density at radius 1 is 1.42 bits per heavy atom. The zero-order valence-electron chi connectivity index (χ0n) is 10.2. The van der Waals surface area contributed by atoms with Gasteiger partial charge in [-0.1, -0.05) is 24.6 Å². The average Bonchev–Trinajstić information content (AvgIpc) is 2.29. The standard InChI is InChI=1S/C12H12ClF3O3/c1-6(12(14,15)16)10(11(17)18)7-3-4-8(13)9(5-7)19-2/h3-6,10H,1-2H3,(H,17,18)/t6-,10?/m1/s1. The topological polar surface area (TPSA) is 46.5 Å². The van der Waals surface area contributed by atoms with Gasteiger partial charge in [0, 0.05) is 0 Å². The number of aliphatic carboxylic acids is 1. The number of alkyl halides is 3. The molecule has 0 spiro atoms. The van der Waals surface area contributed by atoms with E-state index in [1.165, 1.54) is 25.3 Å². The number of halogens is 4. The molecule has 0 radical (unpaired) electrons. The smallest absolute Gasteiger partial charge is 0.392 e. The Bertz CT molecular complexity index is 474. The van der Waals surface area contributed by atoms with Crippen LogP contribution in [-0.4, -0.2) is 24.4 Å². The molecule has 0 aliphatic carbocycles. The molecule has 1 N–H and O–H groups in total. The van der Waals surface area contributed by atoms with E-state index in [2.05, 4.69) is 0 Å². The van der Waals surface area contributed by atoms with Gasteiger partial charge in [0.1, 0.15) is 5.75 Å². The van der Waals surface area contributed by atoms with Gasteiger partial charge in [-0.25, -0.2) is 0 Å². The fourth-order valence-corrected chi connectivity index (χ4v) is 1.90. The summed E-state index contributed by atoms with van der Waals surface area (Å²) in [7, 11) is 1.30. The largest absolute Gasteiger partial charge is 0.495 e. The minimum absolute atomic E-state index is 0.00132. The van der Waals surface area contributed by atoms with E-state index in [1.807, 2.05) is 0 Å². The summed E-state index contributed by atoms with van der Waals surface area (Å²) >= 11 is 5.76. The van der Waals surface area contributed by atoms with E-state index in [0.29, 0.717) is 0 Å². The van der Waals surface area contributed by atoms with E-state index in [1.54, 1.807) is 0 Å². The van der Waals surface area contributed by atoms with Crippen LogP contribution in [-0.2, 0) is 4.79 Å². The van der Waals surface area contributed by atoms with Gasteiger partial charge in [-0.2, -0.15) is 13.2 Å². The van der Waals surface area contributed by atoms with Crippen LogP contribution in [0.4, 0.5) is 13.2 Å². The number of rotatable bonds is 4. The maximum atomic E-state index is 12.7. The lowest BCUT2D eigenvalue weighted by molar-refractivity contribution is -0.183. The molecule has 0 aliphatic heterocycles. The third kappa shape index (κ3) is 3.53. The van der Waals surface area contributed by atoms with Crippen molar-refractivity contribution in [2.45, 2.75) is 19.0 Å². The molecule has 2 atom stereocenters. The van der Waals surface area contributed by atoms with Crippen molar-refractivity contribution >= 4 is 17.6 Å². The summed E-state index contributed by atoms with van der Waals surface area (Å²) in [5.74, 6) is -5.13. The molecule has 1 unspecified atom stereocenters. The number of hydrogen-bond donors (Lipinski definition) is 1. The first kappa shape index (κ1) is 15.6. The second-order valence-corrected chi connectivity index (χ2v) is 4.45. The normalized spacial score (nSPS) is 14.8. The van der Waals surface area contributed by atoms with E-state index in [4.69, 9.17) is 21.4 Å². The highest BCUT2D eigenvalue weighted by atomic mass is 35.5. The van der Waals surface area contributed by atoms with Crippen molar-refractivity contribution in [1.29, 1.82) is 0 Å². The summed E-state index contributed by atoms with van der Waals surface area (Å²) < 4.78 is 42.9. The summed E-state index contributed by atoms with van der Waals surface area (Å²) in [6.45, 7) is 0.833. The molecule has 0 amide bonds. The number of carboxylic acids is 1. The Balaban J connectivity index is 3.24. The lowest BCUT2D eigenvalue weighted by atomic mass is 9.86. The van der Waals surface area contributed by atoms with Crippen LogP contribution in [0.3, 0.4) is 0 Å². The van der Waals surface area contributed by atoms with Crippen molar-refractivity contribution in [2.75, 3.05) is 7.11 Å². The van der Waals surface area contributed by atoms with Crippen molar-refractivity contribution in [3.05, 3.63) is 28.8 Å². The van der Waals surface area contributed by atoms with Crippen LogP contribution < -0.4 is 4.74 Å². The number of hydrogen-bond acceptors (Lipinski definition) is 2. The fraction of sp³-hybridized carbons (Fsp3) is 0.417. The molecule has 0 aliphatic rings. The van der Waals surface area contributed by atoms with Crippen LogP contribution in [0.15, 0.2) is 18.2 Å². The zero-order chi connectivity index (χ0) is 14.8. The predicted octanol–water partition coefficient (Wildman–Crippen LogP) is 3.72. The monoisotopic (exact) mass is 296 g/mol. The maximum Gasteiger partial charge on any atom is 0.392 e. The molecule has 0 saturated heterocycles. The van der Waals surface area contributed by atoms with Crippen molar-refractivity contribution in [1.82, 2.24) is 0 Å². The van der Waals surface area contributed by atoms with Gasteiger partial charge in [0.05, 0.1) is 24.0 Å². The highest BCUT2D eigenvalue weighted by Gasteiger charge is 2.45. The molecular formula is C12H12ClF3O3. The Kier molecular flexibility index (Phi) is 4.68. The second kappa shape index (κ2) is 5.69. The van der Waals surface area contributed by atoms with E-state index in [-0.39, 0.29) is 16.3 Å². The van der Waals surface area contributed by atoms with E-state index in [0.717, 1.165) is 6.92 Å². The second-order valence-electron chi connectivity index (χ2n) is 4.04. The molecule has 19 heavy (non-hydrogen) atoms. The summed E-state index contributed by atoms with van der Waals surface area (Å²) in [4.78, 5) is 11.1. The lowest BCUT2D eigenvalue weighted by Gasteiger charge is -2.23. The number of ether oxygens (including phenoxy) is 1. The van der Waals surface area contributed by atoms with Gasteiger partial charge in [0.15, 0.2) is 0 Å². The van der Waals surface area contributed by atoms with Gasteiger partial charge in [-0.05, 0) is 17.7 Å². The van der Waals surface area contributed by atoms with Crippen molar-refractivity contribution < 1.29 is 27.8 Å². The van der Waals surface area contributed by atoms with Gasteiger partial charge in [-0.15, -0.1) is 0 Å². The van der Waals surface area contributed by atoms with Gasteiger partial charge >= 0.3 is 12.1 Å². The SMILES string of the molecule is COc1cc(C(C(=O)O)[C@@H](C)C(F)(F)F)ccc1Cl. The van der Waals surface area contributed by atoms with Crippen LogP contribution in [0.25, 0.3) is 0 Å². The molecule has 106 valence electrons. The molecule has 7 heteroatoms. The third-order valence-electron chi connectivity index (χ3n) is 2.82. The molecule has 1 aromatic rings. The van der Waals surface area contributed by atoms with Crippen LogP contribution >= 0.6 is 11.6 Å². The molecule has 0 saturated carbocycles. The Hall–Kier alpha value is -1.43. The van der Waals surface area contributed by atoms with Gasteiger partial charge in [0.2, 0.25) is 0 Å². The van der Waals surface area contributed by atoms with Crippen LogP contribution in [0, 0.1) is 5.92 Å². The molecule has 3 nitrogen and oxygen atoms in total. The first-order valence-corrected chi connectivity index (χ1v) is 5.69. The molecule has 0 aromatic heterocycles. The molecule has 1 rings (SSSR count). The average molecular weight is 297 g/mol. The van der Waals surface area contributed by atoms with Crippen molar-refractivity contribution in [3.63, 3.8) is 0 Å². The Morgan fingerprint density at radius 3 is 2.42 bits per heavy atom. The highest BCUT2D eigenvalue weighted by molar-refractivity contribution is 6.32. The third-order valence-corrected chi connectivity index (χ3v) is 3.13. The number of benzene rings is 1. The molecule has 0 heterocycles. The van der Waals surface area contributed by atoms with Crippen LogP contribution in [0.5, 0.6) is 5.75 Å². The number of carbonyl (C=O) groups is 1. The van der Waals surface area contributed by atoms with Crippen molar-refractivity contribution in [3.8, 4) is 5.75 Å². The number of carboxylic acid groups (broad SMARTS) is 1. The summed E-state index contributed by atoms with van der Waals surface area (Å²) in [5.41, 5.74) is -0.00132. The highest BCUT2D eigenvalue weighted by Crippen LogP contribution is 2.39. The van der Waals surface area contributed by atoms with Crippen LogP contribution in [0.1, 0.15) is 18.4 Å². The van der Waals surface area contributed by atoms with Gasteiger partial charge in [-0.3, -0.25) is 4.79 Å². The van der Waals surface area contributed by atoms with Crippen molar-refractivity contribution in [2.24, 2.45) is 5.92 Å². The van der Waals surface area contributed by atoms with Gasteiger partial charge < -0.3 is 9.84 Å². The first-order valence-electron chi connectivity index (χ1n) is 5.31. The quantitative estimate of drug-likeness (QED) is 0.921. The van der Waals surface area contributed by atoms with Crippen LogP contribution in [0.2, 0.25) is 5.02 Å². The molecule has 1 aromatic carbocycles. The molecule has 0 bridgehead atoms. The molecule has 0 fully saturated rings. The Morgan fingerprint density at radius 2 is 2.00 bits per heavy atom. The number of methoxy groups -OCH3 is 1. The minimum atomic E-state index is -4.60. The van der Waals surface area contributed by atoms with E-state index < -0.39 is 24.0 Å². The summed E-state index contributed by atoms with van der Waals surface area (Å²) in [5, 5.41) is 9.22.